The van der Waals surface area contributed by atoms with Gasteiger partial charge in [0, 0.05) is 24.6 Å². The zero-order valence-corrected chi connectivity index (χ0v) is 11.3. The Balaban J connectivity index is 1.95. The van der Waals surface area contributed by atoms with Crippen molar-refractivity contribution in [3.8, 4) is 5.75 Å². The molecule has 2 heterocycles. The number of rotatable bonds is 2. The first-order valence-electron chi connectivity index (χ1n) is 6.72. The molecule has 0 amide bonds. The maximum Gasteiger partial charge on any atom is 0.142 e. The summed E-state index contributed by atoms with van der Waals surface area (Å²) in [6, 6.07) is 6.22. The average Bonchev–Trinajstić information content (AvgIpc) is 2.87. The molecule has 4 heteroatoms. The molecule has 3 rings (SSSR count). The number of aryl methyl sites for hydroxylation is 2. The van der Waals surface area contributed by atoms with Gasteiger partial charge in [0.2, 0.25) is 0 Å². The molecule has 4 nitrogen and oxygen atoms in total. The van der Waals surface area contributed by atoms with Crippen LogP contribution in [0.15, 0.2) is 30.7 Å². The molecular formula is C15H19N3O. The minimum atomic E-state index is -0.00680. The van der Waals surface area contributed by atoms with E-state index in [1.165, 1.54) is 5.56 Å². The van der Waals surface area contributed by atoms with Crippen LogP contribution in [0.3, 0.4) is 0 Å². The van der Waals surface area contributed by atoms with Crippen LogP contribution in [0.5, 0.6) is 5.75 Å². The number of imidazole rings is 1. The van der Waals surface area contributed by atoms with E-state index >= 15 is 0 Å². The Labute approximate surface area is 113 Å². The quantitative estimate of drug-likeness (QED) is 0.900. The standard InChI is InChI=1S/C15H19N3O/c1-3-18-9-17-8-13(18)15-7-12(16)11-6-10(2)4-5-14(11)19-15/h4-6,8-9,12,15H,3,7,16H2,1-2H3/t12-,15?/m1/s1. The van der Waals surface area contributed by atoms with E-state index in [0.29, 0.717) is 0 Å². The lowest BCUT2D eigenvalue weighted by Crippen LogP contribution is -2.25. The topological polar surface area (TPSA) is 53.1 Å². The highest BCUT2D eigenvalue weighted by Gasteiger charge is 2.28. The van der Waals surface area contributed by atoms with E-state index in [2.05, 4.69) is 35.5 Å². The summed E-state index contributed by atoms with van der Waals surface area (Å²) in [6.45, 7) is 5.07. The van der Waals surface area contributed by atoms with Crippen molar-refractivity contribution in [3.63, 3.8) is 0 Å². The number of ether oxygens (including phenoxy) is 1. The molecule has 0 radical (unpaired) electrons. The van der Waals surface area contributed by atoms with Gasteiger partial charge in [0.05, 0.1) is 18.2 Å². The molecular weight excluding hydrogens is 238 g/mol. The molecule has 0 saturated carbocycles. The van der Waals surface area contributed by atoms with Crippen molar-refractivity contribution in [2.24, 2.45) is 5.73 Å². The fraction of sp³-hybridized carbons (Fsp3) is 0.400. The van der Waals surface area contributed by atoms with E-state index in [4.69, 9.17) is 10.5 Å². The molecule has 0 aliphatic carbocycles. The summed E-state index contributed by atoms with van der Waals surface area (Å²) in [5, 5.41) is 0. The van der Waals surface area contributed by atoms with Crippen molar-refractivity contribution in [3.05, 3.63) is 47.5 Å². The Morgan fingerprint density at radius 3 is 3.11 bits per heavy atom. The average molecular weight is 257 g/mol. The van der Waals surface area contributed by atoms with Gasteiger partial charge in [-0.05, 0) is 19.9 Å². The molecule has 0 saturated heterocycles. The van der Waals surface area contributed by atoms with Crippen LogP contribution in [0.25, 0.3) is 0 Å². The second kappa shape index (κ2) is 4.70. The lowest BCUT2D eigenvalue weighted by molar-refractivity contribution is 0.153. The number of fused-ring (bicyclic) bond motifs is 1. The number of hydrogen-bond acceptors (Lipinski definition) is 3. The Morgan fingerprint density at radius 2 is 2.32 bits per heavy atom. The van der Waals surface area contributed by atoms with Crippen molar-refractivity contribution < 1.29 is 4.74 Å². The lowest BCUT2D eigenvalue weighted by atomic mass is 9.94. The maximum absolute atomic E-state index is 6.29. The van der Waals surface area contributed by atoms with Crippen molar-refractivity contribution in [2.75, 3.05) is 0 Å². The van der Waals surface area contributed by atoms with Crippen molar-refractivity contribution >= 4 is 0 Å². The third kappa shape index (κ3) is 2.12. The van der Waals surface area contributed by atoms with Crippen LogP contribution < -0.4 is 10.5 Å². The molecule has 0 fully saturated rings. The minimum Gasteiger partial charge on any atom is -0.484 e. The SMILES string of the molecule is CCn1cncc1C1C[C@@H](N)c2cc(C)ccc2O1. The lowest BCUT2D eigenvalue weighted by Gasteiger charge is -2.30. The van der Waals surface area contributed by atoms with Crippen LogP contribution in [0, 0.1) is 6.92 Å². The molecule has 19 heavy (non-hydrogen) atoms. The highest BCUT2D eigenvalue weighted by Crippen LogP contribution is 2.39. The third-order valence-electron chi connectivity index (χ3n) is 3.72. The molecule has 0 spiro atoms. The van der Waals surface area contributed by atoms with Gasteiger partial charge in [0.1, 0.15) is 11.9 Å². The van der Waals surface area contributed by atoms with Gasteiger partial charge in [0.15, 0.2) is 0 Å². The molecule has 2 aromatic rings. The number of nitrogens with two attached hydrogens (primary N) is 1. The maximum atomic E-state index is 6.29. The fourth-order valence-electron chi connectivity index (χ4n) is 2.67. The van der Waals surface area contributed by atoms with Crippen LogP contribution in [0.4, 0.5) is 0 Å². The monoisotopic (exact) mass is 257 g/mol. The van der Waals surface area contributed by atoms with Crippen LogP contribution in [0.2, 0.25) is 0 Å². The molecule has 2 N–H and O–H groups in total. The number of hydrogen-bond donors (Lipinski definition) is 1. The van der Waals surface area contributed by atoms with Gasteiger partial charge >= 0.3 is 0 Å². The van der Waals surface area contributed by atoms with E-state index in [0.717, 1.165) is 30.0 Å². The molecule has 1 unspecified atom stereocenters. The molecule has 2 atom stereocenters. The van der Waals surface area contributed by atoms with Gasteiger partial charge in [0.25, 0.3) is 0 Å². The van der Waals surface area contributed by atoms with Crippen LogP contribution in [-0.4, -0.2) is 9.55 Å². The molecule has 1 aromatic heterocycles. The Kier molecular flexibility index (Phi) is 3.03. The number of aromatic nitrogens is 2. The second-order valence-electron chi connectivity index (χ2n) is 5.09. The summed E-state index contributed by atoms with van der Waals surface area (Å²) < 4.78 is 8.21. The highest BCUT2D eigenvalue weighted by atomic mass is 16.5. The van der Waals surface area contributed by atoms with Gasteiger partial charge in [-0.25, -0.2) is 4.98 Å². The summed E-state index contributed by atoms with van der Waals surface area (Å²) in [7, 11) is 0. The molecule has 1 aliphatic heterocycles. The Morgan fingerprint density at radius 1 is 1.47 bits per heavy atom. The highest BCUT2D eigenvalue weighted by molar-refractivity contribution is 5.41. The summed E-state index contributed by atoms with van der Waals surface area (Å²) in [4.78, 5) is 4.21. The first-order chi connectivity index (χ1) is 9.19. The molecule has 0 bridgehead atoms. The summed E-state index contributed by atoms with van der Waals surface area (Å²) in [5.74, 6) is 0.901. The zero-order valence-electron chi connectivity index (χ0n) is 11.3. The molecule has 1 aliphatic rings. The van der Waals surface area contributed by atoms with Gasteiger partial charge in [-0.1, -0.05) is 17.7 Å². The first-order valence-corrected chi connectivity index (χ1v) is 6.72. The summed E-state index contributed by atoms with van der Waals surface area (Å²) in [5.41, 5.74) is 9.72. The molecule has 1 aromatic carbocycles. The zero-order chi connectivity index (χ0) is 13.4. The van der Waals surface area contributed by atoms with Crippen LogP contribution in [-0.2, 0) is 6.54 Å². The predicted molar refractivity (Wildman–Crippen MR) is 74.0 cm³/mol. The largest absolute Gasteiger partial charge is 0.484 e. The van der Waals surface area contributed by atoms with E-state index in [1.807, 2.05) is 18.6 Å². The number of benzene rings is 1. The third-order valence-corrected chi connectivity index (χ3v) is 3.72. The van der Waals surface area contributed by atoms with E-state index in [1.54, 1.807) is 0 Å². The first kappa shape index (κ1) is 12.2. The van der Waals surface area contributed by atoms with Gasteiger partial charge in [-0.3, -0.25) is 0 Å². The predicted octanol–water partition coefficient (Wildman–Crippen LogP) is 2.74. The Hall–Kier alpha value is -1.81. The van der Waals surface area contributed by atoms with Gasteiger partial charge in [-0.2, -0.15) is 0 Å². The van der Waals surface area contributed by atoms with E-state index in [-0.39, 0.29) is 12.1 Å². The fourth-order valence-corrected chi connectivity index (χ4v) is 2.67. The van der Waals surface area contributed by atoms with Crippen LogP contribution in [0.1, 0.15) is 42.3 Å². The van der Waals surface area contributed by atoms with Crippen molar-refractivity contribution in [1.82, 2.24) is 9.55 Å². The van der Waals surface area contributed by atoms with Crippen LogP contribution >= 0.6 is 0 Å². The second-order valence-corrected chi connectivity index (χ2v) is 5.09. The van der Waals surface area contributed by atoms with Crippen molar-refractivity contribution in [1.29, 1.82) is 0 Å². The smallest absolute Gasteiger partial charge is 0.142 e. The summed E-state index contributed by atoms with van der Waals surface area (Å²) >= 11 is 0. The normalized spacial score (nSPS) is 21.8. The Bertz CT molecular complexity index is 591. The summed E-state index contributed by atoms with van der Waals surface area (Å²) in [6.07, 6.45) is 4.50. The van der Waals surface area contributed by atoms with E-state index < -0.39 is 0 Å². The van der Waals surface area contributed by atoms with Gasteiger partial charge in [-0.15, -0.1) is 0 Å². The number of nitrogens with zero attached hydrogens (tertiary/aromatic N) is 2. The minimum absolute atomic E-state index is 0.00680. The molecule has 100 valence electrons. The van der Waals surface area contributed by atoms with E-state index in [9.17, 15) is 0 Å². The van der Waals surface area contributed by atoms with Gasteiger partial charge < -0.3 is 15.0 Å². The van der Waals surface area contributed by atoms with Crippen molar-refractivity contribution in [2.45, 2.75) is 39.0 Å².